The molecule has 3 atom stereocenters. The average molecular weight is 210 g/mol. The molecule has 0 spiro atoms. The summed E-state index contributed by atoms with van der Waals surface area (Å²) >= 11 is 0. The van der Waals surface area contributed by atoms with E-state index in [4.69, 9.17) is 5.11 Å². The predicted molar refractivity (Wildman–Crippen MR) is 65.7 cm³/mol. The fourth-order valence-corrected chi connectivity index (χ4v) is 2.97. The van der Waals surface area contributed by atoms with E-state index in [0.29, 0.717) is 23.9 Å². The zero-order chi connectivity index (χ0) is 11.6. The van der Waals surface area contributed by atoms with Gasteiger partial charge in [0.15, 0.2) is 0 Å². The Morgan fingerprint density at radius 2 is 2.07 bits per heavy atom. The van der Waals surface area contributed by atoms with Crippen LogP contribution in [0, 0.1) is 23.2 Å². The van der Waals surface area contributed by atoms with Crippen LogP contribution in [-0.4, -0.2) is 11.7 Å². The van der Waals surface area contributed by atoms with Crippen LogP contribution in [-0.2, 0) is 0 Å². The molecule has 88 valence electrons. The summed E-state index contributed by atoms with van der Waals surface area (Å²) in [5.74, 6) is 1.90. The second-order valence-corrected chi connectivity index (χ2v) is 5.95. The summed E-state index contributed by atoms with van der Waals surface area (Å²) in [7, 11) is 0. The molecule has 0 heterocycles. The minimum absolute atomic E-state index is 0.323. The first-order valence-corrected chi connectivity index (χ1v) is 6.17. The molecule has 1 N–H and O–H groups in total. The van der Waals surface area contributed by atoms with E-state index in [1.165, 1.54) is 12.0 Å². The van der Waals surface area contributed by atoms with Crippen molar-refractivity contribution in [3.05, 3.63) is 11.6 Å². The van der Waals surface area contributed by atoms with E-state index in [2.05, 4.69) is 40.7 Å². The quantitative estimate of drug-likeness (QED) is 0.702. The smallest absolute Gasteiger partial charge is 0.0456 e. The maximum Gasteiger partial charge on any atom is 0.0456 e. The van der Waals surface area contributed by atoms with Gasteiger partial charge in [-0.3, -0.25) is 0 Å². The van der Waals surface area contributed by atoms with Crippen molar-refractivity contribution in [2.24, 2.45) is 23.2 Å². The Hall–Kier alpha value is -0.300. The molecule has 0 fully saturated rings. The minimum Gasteiger partial charge on any atom is -0.396 e. The van der Waals surface area contributed by atoms with Crippen LogP contribution in [0.25, 0.3) is 0 Å². The van der Waals surface area contributed by atoms with Crippen molar-refractivity contribution >= 4 is 0 Å². The van der Waals surface area contributed by atoms with Gasteiger partial charge in [0.25, 0.3) is 0 Å². The van der Waals surface area contributed by atoms with Crippen LogP contribution in [0.15, 0.2) is 11.6 Å². The molecule has 0 aromatic carbocycles. The van der Waals surface area contributed by atoms with Crippen molar-refractivity contribution in [2.75, 3.05) is 6.61 Å². The highest BCUT2D eigenvalue weighted by molar-refractivity contribution is 5.18. The van der Waals surface area contributed by atoms with Gasteiger partial charge >= 0.3 is 0 Å². The van der Waals surface area contributed by atoms with Crippen LogP contribution in [0.4, 0.5) is 0 Å². The van der Waals surface area contributed by atoms with Gasteiger partial charge < -0.3 is 5.11 Å². The molecule has 1 rings (SSSR count). The fourth-order valence-electron chi connectivity index (χ4n) is 2.97. The fraction of sp³-hybridized carbons (Fsp3) is 0.857. The molecule has 2 unspecified atom stereocenters. The van der Waals surface area contributed by atoms with Gasteiger partial charge in [-0.15, -0.1) is 0 Å². The van der Waals surface area contributed by atoms with Crippen molar-refractivity contribution in [3.8, 4) is 0 Å². The summed E-state index contributed by atoms with van der Waals surface area (Å²) in [6.45, 7) is 11.8. The zero-order valence-electron chi connectivity index (χ0n) is 10.9. The Bertz CT molecular complexity index is 240. The molecule has 0 amide bonds. The first kappa shape index (κ1) is 12.8. The van der Waals surface area contributed by atoms with E-state index < -0.39 is 0 Å². The molecule has 0 saturated heterocycles. The number of hydrogen-bond donors (Lipinski definition) is 1. The molecular weight excluding hydrogens is 184 g/mol. The molecule has 0 bridgehead atoms. The monoisotopic (exact) mass is 210 g/mol. The maximum atomic E-state index is 9.10. The number of aliphatic hydroxyl groups is 1. The van der Waals surface area contributed by atoms with Crippen LogP contribution in [0.5, 0.6) is 0 Å². The van der Waals surface area contributed by atoms with E-state index in [-0.39, 0.29) is 0 Å². The molecule has 1 heteroatoms. The van der Waals surface area contributed by atoms with Crippen LogP contribution in [0.3, 0.4) is 0 Å². The van der Waals surface area contributed by atoms with Crippen LogP contribution < -0.4 is 0 Å². The Kier molecular flexibility index (Phi) is 3.99. The molecule has 0 aromatic heterocycles. The van der Waals surface area contributed by atoms with Gasteiger partial charge in [-0.1, -0.05) is 39.3 Å². The van der Waals surface area contributed by atoms with E-state index >= 15 is 0 Å². The normalized spacial score (nSPS) is 28.7. The minimum atomic E-state index is 0.323. The van der Waals surface area contributed by atoms with Crippen LogP contribution >= 0.6 is 0 Å². The predicted octanol–water partition coefficient (Wildman–Crippen LogP) is 3.63. The highest BCUT2D eigenvalue weighted by Gasteiger charge is 2.38. The van der Waals surface area contributed by atoms with Crippen molar-refractivity contribution in [1.82, 2.24) is 0 Å². The zero-order valence-corrected chi connectivity index (χ0v) is 10.9. The van der Waals surface area contributed by atoms with Gasteiger partial charge in [0, 0.05) is 6.61 Å². The second-order valence-electron chi connectivity index (χ2n) is 5.95. The molecule has 1 nitrogen and oxygen atoms in total. The molecule has 0 aliphatic heterocycles. The Morgan fingerprint density at radius 1 is 1.47 bits per heavy atom. The number of rotatable bonds is 4. The van der Waals surface area contributed by atoms with Gasteiger partial charge in [-0.25, -0.2) is 0 Å². The SMILES string of the molecule is CC1=CC[C@@H](C(C)CC(C)CO)C1(C)C. The number of hydrogen-bond acceptors (Lipinski definition) is 1. The maximum absolute atomic E-state index is 9.10. The first-order valence-electron chi connectivity index (χ1n) is 6.17. The molecule has 15 heavy (non-hydrogen) atoms. The summed E-state index contributed by atoms with van der Waals surface area (Å²) in [6, 6.07) is 0. The first-order chi connectivity index (χ1) is 6.89. The van der Waals surface area contributed by atoms with E-state index in [1.807, 2.05) is 0 Å². The molecular formula is C14H26O. The van der Waals surface area contributed by atoms with Gasteiger partial charge in [-0.05, 0) is 42.9 Å². The molecule has 0 aromatic rings. The summed E-state index contributed by atoms with van der Waals surface area (Å²) in [5, 5.41) is 9.10. The third kappa shape index (κ3) is 2.63. The molecule has 1 aliphatic carbocycles. The van der Waals surface area contributed by atoms with Crippen molar-refractivity contribution in [1.29, 1.82) is 0 Å². The molecule has 0 saturated carbocycles. The van der Waals surface area contributed by atoms with E-state index in [9.17, 15) is 0 Å². The van der Waals surface area contributed by atoms with Crippen molar-refractivity contribution < 1.29 is 5.11 Å². The number of aliphatic hydroxyl groups excluding tert-OH is 1. The lowest BCUT2D eigenvalue weighted by Gasteiger charge is -2.35. The molecule has 0 radical (unpaired) electrons. The number of allylic oxidation sites excluding steroid dienone is 2. The third-order valence-corrected chi connectivity index (χ3v) is 4.39. The van der Waals surface area contributed by atoms with Crippen LogP contribution in [0.2, 0.25) is 0 Å². The summed E-state index contributed by atoms with van der Waals surface area (Å²) < 4.78 is 0. The third-order valence-electron chi connectivity index (χ3n) is 4.39. The Balaban J connectivity index is 2.59. The lowest BCUT2D eigenvalue weighted by atomic mass is 9.70. The lowest BCUT2D eigenvalue weighted by molar-refractivity contribution is 0.154. The van der Waals surface area contributed by atoms with E-state index in [1.54, 1.807) is 0 Å². The van der Waals surface area contributed by atoms with E-state index in [0.717, 1.165) is 12.3 Å². The summed E-state index contributed by atoms with van der Waals surface area (Å²) in [6.07, 6.45) is 4.76. The second kappa shape index (κ2) is 4.69. The standard InChI is InChI=1S/C14H26O/c1-10(9-15)8-11(2)13-7-6-12(3)14(13,4)5/h6,10-11,13,15H,7-9H2,1-5H3/t10?,11?,13-/m0/s1. The Labute approximate surface area is 94.6 Å². The molecule has 1 aliphatic rings. The topological polar surface area (TPSA) is 20.2 Å². The van der Waals surface area contributed by atoms with Crippen molar-refractivity contribution in [2.45, 2.75) is 47.5 Å². The Morgan fingerprint density at radius 3 is 2.47 bits per heavy atom. The largest absolute Gasteiger partial charge is 0.396 e. The summed E-state index contributed by atoms with van der Waals surface area (Å²) in [5.41, 5.74) is 1.89. The lowest BCUT2D eigenvalue weighted by Crippen LogP contribution is -2.27. The highest BCUT2D eigenvalue weighted by Crippen LogP contribution is 2.47. The average Bonchev–Trinajstić information content (AvgIpc) is 2.41. The summed E-state index contributed by atoms with van der Waals surface area (Å²) in [4.78, 5) is 0. The van der Waals surface area contributed by atoms with Gasteiger partial charge in [0.05, 0.1) is 0 Å². The van der Waals surface area contributed by atoms with Crippen molar-refractivity contribution in [3.63, 3.8) is 0 Å². The van der Waals surface area contributed by atoms with Crippen LogP contribution in [0.1, 0.15) is 47.5 Å². The highest BCUT2D eigenvalue weighted by atomic mass is 16.3. The van der Waals surface area contributed by atoms with Gasteiger partial charge in [-0.2, -0.15) is 0 Å². The van der Waals surface area contributed by atoms with Gasteiger partial charge in [0.2, 0.25) is 0 Å². The van der Waals surface area contributed by atoms with Gasteiger partial charge in [0.1, 0.15) is 0 Å².